The van der Waals surface area contributed by atoms with Gasteiger partial charge in [-0.25, -0.2) is 0 Å². The molecule has 0 atom stereocenters. The Kier molecular flexibility index (Phi) is 3.87. The highest BCUT2D eigenvalue weighted by atomic mass is 32.2. The second-order valence-electron chi connectivity index (χ2n) is 2.82. The molecule has 0 bridgehead atoms. The van der Waals surface area contributed by atoms with Gasteiger partial charge in [0.2, 0.25) is 0 Å². The molecule has 0 unspecified atom stereocenters. The first kappa shape index (κ1) is 12.2. The lowest BCUT2D eigenvalue weighted by Gasteiger charge is -2.09. The summed E-state index contributed by atoms with van der Waals surface area (Å²) in [6, 6.07) is 3.20. The zero-order chi connectivity index (χ0) is 11.5. The van der Waals surface area contributed by atoms with Gasteiger partial charge in [-0.2, -0.15) is 13.2 Å². The van der Waals surface area contributed by atoms with Gasteiger partial charge >= 0.3 is 6.18 Å². The van der Waals surface area contributed by atoms with E-state index < -0.39 is 11.7 Å². The first-order valence-corrected chi connectivity index (χ1v) is 5.14. The number of anilines is 1. The molecule has 0 heterocycles. The first-order chi connectivity index (χ1) is 6.95. The number of aliphatic hydroxyl groups excluding tert-OH is 1. The van der Waals surface area contributed by atoms with Gasteiger partial charge in [0.05, 0.1) is 12.2 Å². The van der Waals surface area contributed by atoms with Crippen LogP contribution in [0.3, 0.4) is 0 Å². The van der Waals surface area contributed by atoms with Gasteiger partial charge in [-0.05, 0) is 18.2 Å². The van der Waals surface area contributed by atoms with E-state index in [0.717, 1.165) is 12.1 Å². The third-order valence-corrected chi connectivity index (χ3v) is 2.76. The second kappa shape index (κ2) is 4.76. The highest BCUT2D eigenvalue weighted by Crippen LogP contribution is 2.34. The lowest BCUT2D eigenvalue weighted by molar-refractivity contribution is -0.137. The van der Waals surface area contributed by atoms with Crippen LogP contribution in [0, 0.1) is 0 Å². The Labute approximate surface area is 89.3 Å². The highest BCUT2D eigenvalue weighted by molar-refractivity contribution is 7.99. The average Bonchev–Trinajstić information content (AvgIpc) is 2.14. The fourth-order valence-corrected chi connectivity index (χ4v) is 1.71. The molecule has 0 aliphatic rings. The van der Waals surface area contributed by atoms with Crippen LogP contribution in [0.4, 0.5) is 18.9 Å². The number of hydrogen-bond donors (Lipinski definition) is 2. The van der Waals surface area contributed by atoms with Crippen LogP contribution in [0.5, 0.6) is 0 Å². The minimum absolute atomic E-state index is 0.0366. The molecule has 0 amide bonds. The molecule has 84 valence electrons. The van der Waals surface area contributed by atoms with E-state index in [-0.39, 0.29) is 12.3 Å². The third kappa shape index (κ3) is 3.32. The van der Waals surface area contributed by atoms with E-state index in [0.29, 0.717) is 10.6 Å². The van der Waals surface area contributed by atoms with Crippen LogP contribution >= 0.6 is 11.8 Å². The molecule has 1 aromatic rings. The van der Waals surface area contributed by atoms with Crippen molar-refractivity contribution in [2.75, 3.05) is 18.1 Å². The Balaban J connectivity index is 2.88. The normalized spacial score (nSPS) is 11.7. The summed E-state index contributed by atoms with van der Waals surface area (Å²) in [5, 5.41) is 8.56. The Hall–Kier alpha value is -0.880. The number of benzene rings is 1. The number of alkyl halides is 3. The molecule has 0 saturated heterocycles. The topological polar surface area (TPSA) is 46.2 Å². The van der Waals surface area contributed by atoms with E-state index in [1.54, 1.807) is 0 Å². The minimum atomic E-state index is -4.37. The number of thioether (sulfide) groups is 1. The largest absolute Gasteiger partial charge is 0.416 e. The summed E-state index contributed by atoms with van der Waals surface area (Å²) < 4.78 is 36.7. The summed E-state index contributed by atoms with van der Waals surface area (Å²) >= 11 is 1.22. The van der Waals surface area contributed by atoms with E-state index in [4.69, 9.17) is 10.8 Å². The average molecular weight is 237 g/mol. The summed E-state index contributed by atoms with van der Waals surface area (Å²) in [7, 11) is 0. The van der Waals surface area contributed by atoms with Gasteiger partial charge in [-0.15, -0.1) is 11.8 Å². The van der Waals surface area contributed by atoms with Crippen molar-refractivity contribution in [2.24, 2.45) is 0 Å². The number of nitrogen functional groups attached to an aromatic ring is 1. The van der Waals surface area contributed by atoms with Gasteiger partial charge in [0.1, 0.15) is 0 Å². The monoisotopic (exact) mass is 237 g/mol. The van der Waals surface area contributed by atoms with Crippen molar-refractivity contribution in [3.8, 4) is 0 Å². The number of halogens is 3. The molecular weight excluding hydrogens is 227 g/mol. The van der Waals surface area contributed by atoms with Crippen molar-refractivity contribution in [1.29, 1.82) is 0 Å². The van der Waals surface area contributed by atoms with Gasteiger partial charge in [-0.3, -0.25) is 0 Å². The van der Waals surface area contributed by atoms with Crippen molar-refractivity contribution < 1.29 is 18.3 Å². The summed E-state index contributed by atoms with van der Waals surface area (Å²) in [5.41, 5.74) is 4.79. The predicted octanol–water partition coefficient (Wildman–Crippen LogP) is 2.37. The fraction of sp³-hybridized carbons (Fsp3) is 0.333. The molecule has 2 nitrogen and oxygen atoms in total. The van der Waals surface area contributed by atoms with Crippen molar-refractivity contribution in [3.63, 3.8) is 0 Å². The van der Waals surface area contributed by atoms with E-state index in [1.165, 1.54) is 17.8 Å². The van der Waals surface area contributed by atoms with Crippen molar-refractivity contribution in [3.05, 3.63) is 23.8 Å². The van der Waals surface area contributed by atoms with Crippen LogP contribution in [-0.4, -0.2) is 17.5 Å². The highest BCUT2D eigenvalue weighted by Gasteiger charge is 2.30. The SMILES string of the molecule is Nc1cc(C(F)(F)F)ccc1SCCO. The number of nitrogens with two attached hydrogens (primary N) is 1. The standard InChI is InChI=1S/C9H10F3NOS/c10-9(11,12)6-1-2-8(7(13)5-6)15-4-3-14/h1-2,5,14H,3-4,13H2. The lowest BCUT2D eigenvalue weighted by atomic mass is 10.2. The van der Waals surface area contributed by atoms with Gasteiger partial charge in [0, 0.05) is 16.3 Å². The molecule has 0 aliphatic carbocycles. The molecule has 0 spiro atoms. The fourth-order valence-electron chi connectivity index (χ4n) is 1.01. The summed E-state index contributed by atoms with van der Waals surface area (Å²) in [5.74, 6) is 0.412. The van der Waals surface area contributed by atoms with Gasteiger partial charge in [0.25, 0.3) is 0 Å². The van der Waals surface area contributed by atoms with Gasteiger partial charge in [-0.1, -0.05) is 0 Å². The molecule has 1 aromatic carbocycles. The molecular formula is C9H10F3NOS. The van der Waals surface area contributed by atoms with Gasteiger partial charge in [0.15, 0.2) is 0 Å². The summed E-state index contributed by atoms with van der Waals surface area (Å²) in [6.45, 7) is -0.0366. The van der Waals surface area contributed by atoms with E-state index in [2.05, 4.69) is 0 Å². The molecule has 0 aromatic heterocycles. The molecule has 6 heteroatoms. The zero-order valence-electron chi connectivity index (χ0n) is 7.71. The maximum absolute atomic E-state index is 12.2. The van der Waals surface area contributed by atoms with E-state index in [1.807, 2.05) is 0 Å². The summed E-state index contributed by atoms with van der Waals surface area (Å²) in [4.78, 5) is 0.553. The second-order valence-corrected chi connectivity index (χ2v) is 3.96. The Morgan fingerprint density at radius 1 is 1.33 bits per heavy atom. The predicted molar refractivity (Wildman–Crippen MR) is 53.7 cm³/mol. The molecule has 0 radical (unpaired) electrons. The smallest absolute Gasteiger partial charge is 0.398 e. The Bertz CT molecular complexity index is 341. The van der Waals surface area contributed by atoms with E-state index >= 15 is 0 Å². The van der Waals surface area contributed by atoms with Crippen molar-refractivity contribution in [2.45, 2.75) is 11.1 Å². The maximum atomic E-state index is 12.2. The maximum Gasteiger partial charge on any atom is 0.416 e. The van der Waals surface area contributed by atoms with Crippen LogP contribution in [0.1, 0.15) is 5.56 Å². The van der Waals surface area contributed by atoms with Crippen LogP contribution in [-0.2, 0) is 6.18 Å². The van der Waals surface area contributed by atoms with Gasteiger partial charge < -0.3 is 10.8 Å². The Morgan fingerprint density at radius 2 is 2.00 bits per heavy atom. The molecule has 15 heavy (non-hydrogen) atoms. The number of hydrogen-bond acceptors (Lipinski definition) is 3. The van der Waals surface area contributed by atoms with E-state index in [9.17, 15) is 13.2 Å². The van der Waals surface area contributed by atoms with Crippen LogP contribution in [0.25, 0.3) is 0 Å². The van der Waals surface area contributed by atoms with Crippen molar-refractivity contribution in [1.82, 2.24) is 0 Å². The molecule has 1 rings (SSSR count). The van der Waals surface area contributed by atoms with Crippen LogP contribution in [0.15, 0.2) is 23.1 Å². The minimum Gasteiger partial charge on any atom is -0.398 e. The lowest BCUT2D eigenvalue weighted by Crippen LogP contribution is -2.05. The van der Waals surface area contributed by atoms with Crippen LogP contribution in [0.2, 0.25) is 0 Å². The van der Waals surface area contributed by atoms with Crippen molar-refractivity contribution >= 4 is 17.4 Å². The first-order valence-electron chi connectivity index (χ1n) is 4.15. The Morgan fingerprint density at radius 3 is 2.47 bits per heavy atom. The molecule has 3 N–H and O–H groups in total. The number of aliphatic hydroxyl groups is 1. The molecule has 0 saturated carbocycles. The third-order valence-electron chi connectivity index (χ3n) is 1.69. The number of rotatable bonds is 3. The summed E-state index contributed by atoms with van der Waals surface area (Å²) in [6.07, 6.45) is -4.37. The molecule has 0 aliphatic heterocycles. The molecule has 0 fully saturated rings. The zero-order valence-corrected chi connectivity index (χ0v) is 8.53. The quantitative estimate of drug-likeness (QED) is 0.626. The van der Waals surface area contributed by atoms with Crippen LogP contribution < -0.4 is 5.73 Å².